The van der Waals surface area contributed by atoms with Gasteiger partial charge in [-0.3, -0.25) is 19.7 Å². The molecule has 2 aromatic rings. The highest BCUT2D eigenvalue weighted by Gasteiger charge is 2.32. The maximum absolute atomic E-state index is 11.6. The summed E-state index contributed by atoms with van der Waals surface area (Å²) in [6.07, 6.45) is 1.19. The van der Waals surface area contributed by atoms with Crippen LogP contribution in [0.2, 0.25) is 0 Å². The number of ether oxygens (including phenoxy) is 1. The van der Waals surface area contributed by atoms with Gasteiger partial charge in [0.25, 0.3) is 5.69 Å². The third-order valence-corrected chi connectivity index (χ3v) is 4.73. The molecule has 0 saturated carbocycles. The molecule has 2 N–H and O–H groups in total. The quantitative estimate of drug-likeness (QED) is 0.403. The third-order valence-electron chi connectivity index (χ3n) is 3.66. The molecular formula is C18H14N4O6S. The Kier molecular flexibility index (Phi) is 6.19. The van der Waals surface area contributed by atoms with Crippen LogP contribution in [-0.4, -0.2) is 38.5 Å². The number of carbonyl (C=O) groups excluding carboxylic acids is 1. The molecule has 29 heavy (non-hydrogen) atoms. The zero-order chi connectivity index (χ0) is 20.8. The van der Waals surface area contributed by atoms with Crippen LogP contribution in [0.25, 0.3) is 0 Å². The van der Waals surface area contributed by atoms with Gasteiger partial charge in [0.05, 0.1) is 17.6 Å². The number of carboxylic acids is 1. The number of nitrogens with one attached hydrogen (secondary N) is 1. The molecule has 0 aliphatic carbocycles. The van der Waals surface area contributed by atoms with Crippen LogP contribution in [-0.2, 0) is 9.59 Å². The standard InChI is InChI=1S/C18H14N4O6S/c23-16(24)9-15-17(25)20-18(29-15)21-19-10-11-1-5-13(6-2-11)28-14-7-3-12(4-8-14)22(26)27/h1-8,10,15H,9H2,(H,23,24)(H,20,21,25). The Morgan fingerprint density at radius 1 is 1.21 bits per heavy atom. The Morgan fingerprint density at radius 2 is 1.83 bits per heavy atom. The number of nitro groups is 1. The van der Waals surface area contributed by atoms with Crippen LogP contribution in [0.15, 0.2) is 58.7 Å². The molecule has 11 heteroatoms. The van der Waals surface area contributed by atoms with E-state index in [4.69, 9.17) is 9.84 Å². The molecule has 1 unspecified atom stereocenters. The van der Waals surface area contributed by atoms with Crippen molar-refractivity contribution in [2.75, 3.05) is 0 Å². The summed E-state index contributed by atoms with van der Waals surface area (Å²) in [7, 11) is 0. The van der Waals surface area contributed by atoms with Crippen molar-refractivity contribution < 1.29 is 24.4 Å². The number of benzene rings is 2. The SMILES string of the molecule is O=C(O)CC1SC(=NN=Cc2ccc(Oc3ccc([N+](=O)[O-])cc3)cc2)NC1=O. The molecule has 2 aromatic carbocycles. The number of carbonyl (C=O) groups is 2. The van der Waals surface area contributed by atoms with Gasteiger partial charge in [-0.05, 0) is 42.0 Å². The van der Waals surface area contributed by atoms with Crippen molar-refractivity contribution >= 4 is 40.7 Å². The number of nitro benzene ring substituents is 1. The molecule has 0 spiro atoms. The maximum Gasteiger partial charge on any atom is 0.305 e. The number of amides is 1. The molecule has 0 radical (unpaired) electrons. The number of thioether (sulfide) groups is 1. The van der Waals surface area contributed by atoms with Gasteiger partial charge in [-0.2, -0.15) is 5.10 Å². The Morgan fingerprint density at radius 3 is 2.41 bits per heavy atom. The monoisotopic (exact) mass is 414 g/mol. The molecule has 1 aliphatic rings. The molecule has 1 fully saturated rings. The van der Waals surface area contributed by atoms with E-state index in [1.54, 1.807) is 24.3 Å². The minimum Gasteiger partial charge on any atom is -0.481 e. The molecule has 1 saturated heterocycles. The largest absolute Gasteiger partial charge is 0.481 e. The third kappa shape index (κ3) is 5.62. The summed E-state index contributed by atoms with van der Waals surface area (Å²) >= 11 is 1.02. The topological polar surface area (TPSA) is 143 Å². The fourth-order valence-electron chi connectivity index (χ4n) is 2.29. The molecule has 10 nitrogen and oxygen atoms in total. The summed E-state index contributed by atoms with van der Waals surface area (Å²) in [6.45, 7) is 0. The first-order valence-electron chi connectivity index (χ1n) is 8.23. The van der Waals surface area contributed by atoms with Crippen molar-refractivity contribution in [2.24, 2.45) is 10.2 Å². The molecule has 1 aliphatic heterocycles. The number of hydrogen-bond acceptors (Lipinski definition) is 8. The predicted octanol–water partition coefficient (Wildman–Crippen LogP) is 2.78. The number of aliphatic carboxylic acids is 1. The van der Waals surface area contributed by atoms with E-state index in [1.165, 1.54) is 30.5 Å². The molecule has 1 heterocycles. The fraction of sp³-hybridized carbons (Fsp3) is 0.111. The van der Waals surface area contributed by atoms with Crippen LogP contribution in [0.5, 0.6) is 11.5 Å². The lowest BCUT2D eigenvalue weighted by Crippen LogP contribution is -2.26. The van der Waals surface area contributed by atoms with E-state index < -0.39 is 22.0 Å². The first kappa shape index (κ1) is 20.0. The summed E-state index contributed by atoms with van der Waals surface area (Å²) in [4.78, 5) is 32.5. The summed E-state index contributed by atoms with van der Waals surface area (Å²) in [5, 5.41) is 29.2. The van der Waals surface area contributed by atoms with Gasteiger partial charge in [-0.15, -0.1) is 5.10 Å². The van der Waals surface area contributed by atoms with E-state index in [-0.39, 0.29) is 17.3 Å². The van der Waals surface area contributed by atoms with E-state index in [2.05, 4.69) is 15.5 Å². The average Bonchev–Trinajstić information content (AvgIpc) is 3.02. The van der Waals surface area contributed by atoms with Crippen molar-refractivity contribution in [3.63, 3.8) is 0 Å². The van der Waals surface area contributed by atoms with Crippen LogP contribution in [0.4, 0.5) is 5.69 Å². The van der Waals surface area contributed by atoms with Crippen molar-refractivity contribution in [1.82, 2.24) is 5.32 Å². The summed E-state index contributed by atoms with van der Waals surface area (Å²) < 4.78 is 5.62. The summed E-state index contributed by atoms with van der Waals surface area (Å²) in [6, 6.07) is 12.6. The molecule has 1 atom stereocenters. The second-order valence-corrected chi connectivity index (χ2v) is 6.96. The highest BCUT2D eigenvalue weighted by atomic mass is 32.2. The van der Waals surface area contributed by atoms with Crippen LogP contribution in [0.3, 0.4) is 0 Å². The molecule has 148 valence electrons. The smallest absolute Gasteiger partial charge is 0.305 e. The molecule has 3 rings (SSSR count). The maximum atomic E-state index is 11.6. The van der Waals surface area contributed by atoms with E-state index in [0.29, 0.717) is 11.5 Å². The number of amidine groups is 1. The Labute approximate surface area is 168 Å². The van der Waals surface area contributed by atoms with Gasteiger partial charge in [0.2, 0.25) is 5.91 Å². The number of rotatable bonds is 7. The summed E-state index contributed by atoms with van der Waals surface area (Å²) in [5.41, 5.74) is 0.707. The fourth-order valence-corrected chi connectivity index (χ4v) is 3.20. The van der Waals surface area contributed by atoms with E-state index in [9.17, 15) is 19.7 Å². The van der Waals surface area contributed by atoms with Crippen LogP contribution in [0.1, 0.15) is 12.0 Å². The van der Waals surface area contributed by atoms with Crippen LogP contribution < -0.4 is 10.1 Å². The van der Waals surface area contributed by atoms with Crippen molar-refractivity contribution in [2.45, 2.75) is 11.7 Å². The van der Waals surface area contributed by atoms with Crippen LogP contribution >= 0.6 is 11.8 Å². The van der Waals surface area contributed by atoms with E-state index >= 15 is 0 Å². The molecule has 1 amide bonds. The van der Waals surface area contributed by atoms with Crippen molar-refractivity contribution in [3.05, 3.63) is 64.2 Å². The minimum absolute atomic E-state index is 0.0172. The van der Waals surface area contributed by atoms with Gasteiger partial charge < -0.3 is 15.2 Å². The molecule has 0 aromatic heterocycles. The second-order valence-electron chi connectivity index (χ2n) is 5.77. The highest BCUT2D eigenvalue weighted by Crippen LogP contribution is 2.24. The second kappa shape index (κ2) is 8.97. The number of hydrogen-bond donors (Lipinski definition) is 2. The average molecular weight is 414 g/mol. The zero-order valence-corrected chi connectivity index (χ0v) is 15.5. The van der Waals surface area contributed by atoms with E-state index in [1.807, 2.05) is 0 Å². The van der Waals surface area contributed by atoms with Gasteiger partial charge in [0, 0.05) is 12.1 Å². The number of carboxylic acid groups (broad SMARTS) is 1. The normalized spacial score (nSPS) is 17.4. The lowest BCUT2D eigenvalue weighted by molar-refractivity contribution is -0.384. The highest BCUT2D eigenvalue weighted by molar-refractivity contribution is 8.15. The van der Waals surface area contributed by atoms with Gasteiger partial charge in [0.15, 0.2) is 5.17 Å². The van der Waals surface area contributed by atoms with Gasteiger partial charge in [-0.1, -0.05) is 11.8 Å². The Bertz CT molecular complexity index is 988. The predicted molar refractivity (Wildman–Crippen MR) is 106 cm³/mol. The van der Waals surface area contributed by atoms with Crippen molar-refractivity contribution in [1.29, 1.82) is 0 Å². The first-order valence-corrected chi connectivity index (χ1v) is 9.11. The van der Waals surface area contributed by atoms with Gasteiger partial charge in [-0.25, -0.2) is 0 Å². The first-order chi connectivity index (χ1) is 13.9. The number of nitrogens with zero attached hydrogens (tertiary/aromatic N) is 3. The lowest BCUT2D eigenvalue weighted by Gasteiger charge is -2.05. The minimum atomic E-state index is -1.06. The molecule has 0 bridgehead atoms. The Hall–Kier alpha value is -3.73. The Balaban J connectivity index is 1.57. The van der Waals surface area contributed by atoms with Gasteiger partial charge in [0.1, 0.15) is 16.7 Å². The van der Waals surface area contributed by atoms with E-state index in [0.717, 1.165) is 17.3 Å². The van der Waals surface area contributed by atoms with Crippen LogP contribution in [0, 0.1) is 10.1 Å². The molecular weight excluding hydrogens is 400 g/mol. The summed E-state index contributed by atoms with van der Waals surface area (Å²) in [5.74, 6) is -0.455. The van der Waals surface area contributed by atoms with Crippen molar-refractivity contribution in [3.8, 4) is 11.5 Å². The number of non-ortho nitro benzene ring substituents is 1. The van der Waals surface area contributed by atoms with Gasteiger partial charge >= 0.3 is 5.97 Å². The zero-order valence-electron chi connectivity index (χ0n) is 14.7. The lowest BCUT2D eigenvalue weighted by atomic mass is 10.2.